The van der Waals surface area contributed by atoms with Crippen LogP contribution in [0.1, 0.15) is 35.3 Å². The van der Waals surface area contributed by atoms with Crippen molar-refractivity contribution in [3.05, 3.63) is 68.2 Å². The summed E-state index contributed by atoms with van der Waals surface area (Å²) in [6, 6.07) is 8.83. The molecule has 1 aromatic carbocycles. The number of nitrogens with one attached hydrogen (secondary N) is 1. The monoisotopic (exact) mass is 434 g/mol. The molecule has 4 rings (SSSR count). The molecule has 3 heterocycles. The molecule has 0 amide bonds. The van der Waals surface area contributed by atoms with Crippen molar-refractivity contribution < 1.29 is 4.42 Å². The fourth-order valence-electron chi connectivity index (χ4n) is 3.53. The van der Waals surface area contributed by atoms with E-state index >= 15 is 0 Å². The predicted molar refractivity (Wildman–Crippen MR) is 118 cm³/mol. The van der Waals surface area contributed by atoms with Gasteiger partial charge in [-0.25, -0.2) is 4.98 Å². The van der Waals surface area contributed by atoms with Gasteiger partial charge in [0.1, 0.15) is 22.5 Å². The summed E-state index contributed by atoms with van der Waals surface area (Å²) in [5.41, 5.74) is 3.72. The number of hydrogen-bond acceptors (Lipinski definition) is 7. The minimum Gasteiger partial charge on any atom is -0.453 e. The van der Waals surface area contributed by atoms with Crippen molar-refractivity contribution in [2.75, 3.05) is 5.32 Å². The summed E-state index contributed by atoms with van der Waals surface area (Å²) in [7, 11) is 1.70. The van der Waals surface area contributed by atoms with Gasteiger partial charge in [0, 0.05) is 18.2 Å². The number of aromatic nitrogens is 4. The quantitative estimate of drug-likeness (QED) is 0.477. The molecular formula is C22H19ClN6O2. The molecule has 0 saturated heterocycles. The van der Waals surface area contributed by atoms with Gasteiger partial charge in [0.2, 0.25) is 0 Å². The molecule has 3 aromatic heterocycles. The van der Waals surface area contributed by atoms with Crippen LogP contribution in [0.15, 0.2) is 39.7 Å². The number of halogens is 1. The Morgan fingerprint density at radius 3 is 2.74 bits per heavy atom. The summed E-state index contributed by atoms with van der Waals surface area (Å²) in [4.78, 5) is 18.6. The van der Waals surface area contributed by atoms with E-state index < -0.39 is 0 Å². The first-order valence-electron chi connectivity index (χ1n) is 9.56. The molecule has 156 valence electrons. The van der Waals surface area contributed by atoms with Gasteiger partial charge in [-0.15, -0.1) is 0 Å². The zero-order valence-electron chi connectivity index (χ0n) is 17.4. The van der Waals surface area contributed by atoms with E-state index in [9.17, 15) is 10.1 Å². The van der Waals surface area contributed by atoms with Gasteiger partial charge in [-0.2, -0.15) is 20.3 Å². The van der Waals surface area contributed by atoms with Crippen LogP contribution in [0.5, 0.6) is 0 Å². The van der Waals surface area contributed by atoms with Crippen LogP contribution < -0.4 is 10.7 Å². The first-order valence-corrected chi connectivity index (χ1v) is 9.94. The molecule has 0 fully saturated rings. The van der Waals surface area contributed by atoms with Crippen molar-refractivity contribution in [3.8, 4) is 17.5 Å². The summed E-state index contributed by atoms with van der Waals surface area (Å²) in [5.74, 6) is 0.383. The van der Waals surface area contributed by atoms with E-state index in [4.69, 9.17) is 16.0 Å². The average Bonchev–Trinajstić information content (AvgIpc) is 3.17. The van der Waals surface area contributed by atoms with Crippen LogP contribution in [0.3, 0.4) is 0 Å². The number of aryl methyl sites for hydroxylation is 2. The fourth-order valence-corrected chi connectivity index (χ4v) is 3.68. The smallest absolute Gasteiger partial charge is 0.196 e. The summed E-state index contributed by atoms with van der Waals surface area (Å²) in [5, 5.41) is 21.8. The SMILES string of the molecule is Cc1cc([C@@H](C)Nc2ccc(Cl)nc2C#N)c2oc(-c3cnn(C)n3)c(C)c(=O)c2c1. The van der Waals surface area contributed by atoms with Gasteiger partial charge >= 0.3 is 0 Å². The van der Waals surface area contributed by atoms with E-state index in [2.05, 4.69) is 20.5 Å². The Morgan fingerprint density at radius 1 is 1.29 bits per heavy atom. The number of benzene rings is 1. The Labute approximate surface area is 183 Å². The number of anilines is 1. The topological polar surface area (TPSA) is 110 Å². The molecule has 0 spiro atoms. The van der Waals surface area contributed by atoms with Gasteiger partial charge in [0.05, 0.1) is 23.3 Å². The van der Waals surface area contributed by atoms with Crippen molar-refractivity contribution in [1.82, 2.24) is 20.0 Å². The second kappa shape index (κ2) is 7.85. The molecule has 0 aliphatic rings. The van der Waals surface area contributed by atoms with Crippen LogP contribution in [0, 0.1) is 25.2 Å². The van der Waals surface area contributed by atoms with Crippen molar-refractivity contribution in [2.45, 2.75) is 26.8 Å². The predicted octanol–water partition coefficient (Wildman–Crippen LogP) is 4.30. The Balaban J connectivity index is 1.89. The van der Waals surface area contributed by atoms with Crippen LogP contribution in [-0.4, -0.2) is 20.0 Å². The molecule has 0 bridgehead atoms. The number of rotatable bonds is 4. The third-order valence-corrected chi connectivity index (χ3v) is 5.24. The van der Waals surface area contributed by atoms with Crippen LogP contribution in [0.2, 0.25) is 5.15 Å². The fraction of sp³-hybridized carbons (Fsp3) is 0.227. The van der Waals surface area contributed by atoms with Gasteiger partial charge in [-0.1, -0.05) is 17.7 Å². The Bertz CT molecular complexity index is 1420. The highest BCUT2D eigenvalue weighted by atomic mass is 35.5. The summed E-state index contributed by atoms with van der Waals surface area (Å²) < 4.78 is 6.24. The van der Waals surface area contributed by atoms with Crippen molar-refractivity contribution in [3.63, 3.8) is 0 Å². The summed E-state index contributed by atoms with van der Waals surface area (Å²) >= 11 is 5.91. The molecular weight excluding hydrogens is 416 g/mol. The molecule has 0 aliphatic heterocycles. The molecule has 1 N–H and O–H groups in total. The Kier molecular flexibility index (Phi) is 5.21. The first kappa shape index (κ1) is 20.6. The number of nitriles is 1. The molecule has 8 nitrogen and oxygen atoms in total. The van der Waals surface area contributed by atoms with Gasteiger partial charge in [-0.3, -0.25) is 4.79 Å². The third-order valence-electron chi connectivity index (χ3n) is 5.03. The lowest BCUT2D eigenvalue weighted by atomic mass is 9.99. The third kappa shape index (κ3) is 3.76. The number of pyridine rings is 1. The van der Waals surface area contributed by atoms with E-state index in [0.717, 1.165) is 11.1 Å². The van der Waals surface area contributed by atoms with E-state index in [1.54, 1.807) is 32.3 Å². The van der Waals surface area contributed by atoms with E-state index in [1.165, 1.54) is 4.80 Å². The van der Waals surface area contributed by atoms with Crippen LogP contribution in [0.25, 0.3) is 22.4 Å². The first-order chi connectivity index (χ1) is 14.8. The maximum Gasteiger partial charge on any atom is 0.196 e. The number of fused-ring (bicyclic) bond motifs is 1. The average molecular weight is 435 g/mol. The molecule has 4 aromatic rings. The van der Waals surface area contributed by atoms with Crippen molar-refractivity contribution in [2.24, 2.45) is 7.05 Å². The van der Waals surface area contributed by atoms with Crippen LogP contribution in [0.4, 0.5) is 5.69 Å². The summed E-state index contributed by atoms with van der Waals surface area (Å²) in [6.07, 6.45) is 1.56. The standard InChI is InChI=1S/C22H19ClN6O2/c1-11-7-14(13(3)26-16-5-6-19(23)27-17(16)9-24)22-15(8-11)20(30)12(2)21(31-22)18-10-25-29(4)28-18/h5-8,10,13,26H,1-4H3/t13-/m1/s1. The molecule has 0 aliphatic carbocycles. The van der Waals surface area contributed by atoms with E-state index in [0.29, 0.717) is 33.7 Å². The largest absolute Gasteiger partial charge is 0.453 e. The molecule has 0 radical (unpaired) electrons. The second-order valence-corrected chi connectivity index (χ2v) is 7.73. The van der Waals surface area contributed by atoms with Crippen molar-refractivity contribution >= 4 is 28.3 Å². The number of nitrogens with zero attached hydrogens (tertiary/aromatic N) is 5. The maximum atomic E-state index is 13.1. The van der Waals surface area contributed by atoms with Crippen molar-refractivity contribution in [1.29, 1.82) is 5.26 Å². The lowest BCUT2D eigenvalue weighted by Crippen LogP contribution is -2.13. The maximum absolute atomic E-state index is 13.1. The van der Waals surface area contributed by atoms with Gasteiger partial charge in [-0.05, 0) is 44.5 Å². The van der Waals surface area contributed by atoms with E-state index in [-0.39, 0.29) is 22.3 Å². The zero-order chi connectivity index (χ0) is 22.3. The summed E-state index contributed by atoms with van der Waals surface area (Å²) in [6.45, 7) is 5.56. The molecule has 0 unspecified atom stereocenters. The molecule has 9 heteroatoms. The zero-order valence-corrected chi connectivity index (χ0v) is 18.2. The van der Waals surface area contributed by atoms with Crippen LogP contribution in [-0.2, 0) is 7.05 Å². The highest BCUT2D eigenvalue weighted by Gasteiger charge is 2.20. The lowest BCUT2D eigenvalue weighted by Gasteiger charge is -2.19. The Morgan fingerprint density at radius 2 is 2.06 bits per heavy atom. The minimum absolute atomic E-state index is 0.120. The highest BCUT2D eigenvalue weighted by Crippen LogP contribution is 2.32. The normalized spacial score (nSPS) is 12.0. The molecule has 1 atom stereocenters. The minimum atomic E-state index is -0.293. The second-order valence-electron chi connectivity index (χ2n) is 7.34. The Hall–Kier alpha value is -3.70. The lowest BCUT2D eigenvalue weighted by molar-refractivity contribution is 0.597. The van der Waals surface area contributed by atoms with Gasteiger partial charge in [0.15, 0.2) is 16.9 Å². The van der Waals surface area contributed by atoms with Gasteiger partial charge < -0.3 is 9.73 Å². The highest BCUT2D eigenvalue weighted by molar-refractivity contribution is 6.29. The van der Waals surface area contributed by atoms with E-state index in [1.807, 2.05) is 32.0 Å². The molecule has 31 heavy (non-hydrogen) atoms. The van der Waals surface area contributed by atoms with Crippen LogP contribution >= 0.6 is 11.6 Å². The van der Waals surface area contributed by atoms with Gasteiger partial charge in [0.25, 0.3) is 0 Å². The molecule has 0 saturated carbocycles. The number of hydrogen-bond donors (Lipinski definition) is 1.